The van der Waals surface area contributed by atoms with Crippen LogP contribution in [0.5, 0.6) is 5.88 Å². The molecule has 1 fully saturated rings. The number of benzene rings is 1. The molecular formula is C19H18F2N4O4S. The van der Waals surface area contributed by atoms with Crippen LogP contribution in [-0.2, 0) is 15.8 Å². The highest BCUT2D eigenvalue weighted by atomic mass is 32.2. The van der Waals surface area contributed by atoms with Crippen LogP contribution in [0.2, 0.25) is 0 Å². The number of halogens is 2. The molecule has 1 unspecified atom stereocenters. The maximum atomic E-state index is 12.9. The zero-order chi connectivity index (χ0) is 21.6. The summed E-state index contributed by atoms with van der Waals surface area (Å²) < 4.78 is 51.1. The summed E-state index contributed by atoms with van der Waals surface area (Å²) in [5.41, 5.74) is 2.63. The van der Waals surface area contributed by atoms with Crippen molar-refractivity contribution >= 4 is 27.9 Å². The molecule has 2 aromatic heterocycles. The monoisotopic (exact) mass is 436 g/mol. The van der Waals surface area contributed by atoms with Gasteiger partial charge in [-0.05, 0) is 36.5 Å². The van der Waals surface area contributed by atoms with Crippen LogP contribution in [-0.4, -0.2) is 43.5 Å². The van der Waals surface area contributed by atoms with Crippen LogP contribution in [0, 0.1) is 6.92 Å². The van der Waals surface area contributed by atoms with Gasteiger partial charge in [0, 0.05) is 12.6 Å². The molecule has 1 aliphatic carbocycles. The lowest BCUT2D eigenvalue weighted by atomic mass is 9.94. The molecule has 1 saturated carbocycles. The average molecular weight is 436 g/mol. The Kier molecular flexibility index (Phi) is 5.02. The fraction of sp³-hybridized carbons (Fsp3) is 0.316. The zero-order valence-electron chi connectivity index (χ0n) is 16.0. The maximum absolute atomic E-state index is 12.9. The highest BCUT2D eigenvalue weighted by Crippen LogP contribution is 2.52. The molecule has 0 saturated heterocycles. The number of hydrogen-bond acceptors (Lipinski definition) is 5. The van der Waals surface area contributed by atoms with Gasteiger partial charge in [0.1, 0.15) is 5.69 Å². The lowest BCUT2D eigenvalue weighted by molar-refractivity contribution is -0.0518. The Balaban J connectivity index is 1.95. The van der Waals surface area contributed by atoms with Crippen molar-refractivity contribution < 1.29 is 27.1 Å². The molecule has 3 aromatic rings. The second-order valence-corrected chi connectivity index (χ2v) is 8.31. The first-order valence-corrected chi connectivity index (χ1v) is 10.2. The fourth-order valence-corrected chi connectivity index (χ4v) is 4.58. The summed E-state index contributed by atoms with van der Waals surface area (Å²) in [6.45, 7) is -1.30. The molecule has 11 heteroatoms. The number of fused-ring (bicyclic) bond motifs is 1. The number of alkyl halides is 2. The number of nitrogens with zero attached hydrogens (tertiary/aromatic N) is 2. The first-order chi connectivity index (χ1) is 14.3. The topological polar surface area (TPSA) is 117 Å². The minimum absolute atomic E-state index is 0.0181. The summed E-state index contributed by atoms with van der Waals surface area (Å²) in [6, 6.07) is 5.15. The summed E-state index contributed by atoms with van der Waals surface area (Å²) in [4.78, 5) is 16.6. The van der Waals surface area contributed by atoms with Crippen LogP contribution in [0.4, 0.5) is 8.78 Å². The Morgan fingerprint density at radius 2 is 2.13 bits per heavy atom. The van der Waals surface area contributed by atoms with Gasteiger partial charge in [-0.25, -0.2) is 9.19 Å². The maximum Gasteiger partial charge on any atom is 0.388 e. The van der Waals surface area contributed by atoms with E-state index in [0.29, 0.717) is 23.9 Å². The molecule has 1 aliphatic rings. The lowest BCUT2D eigenvalue weighted by Gasteiger charge is -2.17. The van der Waals surface area contributed by atoms with E-state index in [2.05, 4.69) is 25.2 Å². The van der Waals surface area contributed by atoms with Gasteiger partial charge in [0.05, 0.1) is 21.8 Å². The van der Waals surface area contributed by atoms with E-state index >= 15 is 0 Å². The number of H-pyrrole nitrogens is 1. The predicted molar refractivity (Wildman–Crippen MR) is 106 cm³/mol. The third-order valence-corrected chi connectivity index (χ3v) is 6.55. The Morgan fingerprint density at radius 1 is 1.40 bits per heavy atom. The van der Waals surface area contributed by atoms with Crippen molar-refractivity contribution in [2.45, 2.75) is 31.1 Å². The molecule has 0 spiro atoms. The second-order valence-electron chi connectivity index (χ2n) is 7.03. The molecule has 3 N–H and O–H groups in total. The lowest BCUT2D eigenvalue weighted by Crippen LogP contribution is -2.20. The number of aromatic amines is 1. The van der Waals surface area contributed by atoms with Crippen LogP contribution in [0.15, 0.2) is 24.4 Å². The molecule has 30 heavy (non-hydrogen) atoms. The number of hydrogen-bond donors (Lipinski definition) is 3. The number of nitrogens with one attached hydrogen (secondary N) is 2. The Bertz CT molecular complexity index is 1180. The number of ether oxygens (including phenoxy) is 1. The summed E-state index contributed by atoms with van der Waals surface area (Å²) in [7, 11) is 1.44. The number of aryl methyl sites for hydroxylation is 1. The van der Waals surface area contributed by atoms with Gasteiger partial charge in [0.25, 0.3) is 5.91 Å². The van der Waals surface area contributed by atoms with Crippen LogP contribution in [0.25, 0.3) is 22.0 Å². The standard InChI is InChI=1S/C19H18F2N4O4S/c1-9-7-10(3-4-11(9)19(5-6-19)30(27)28)13-14-12(8-23-15(13)16(26)22-2)24-25-17(14)29-18(20)21/h3-4,7-8,18H,5-6H2,1-2H3,(H,22,26)(H,24,25)(H,27,28). The van der Waals surface area contributed by atoms with Crippen molar-refractivity contribution in [3.63, 3.8) is 0 Å². The predicted octanol–water partition coefficient (Wildman–Crippen LogP) is 3.11. The average Bonchev–Trinajstić information content (AvgIpc) is 3.43. The van der Waals surface area contributed by atoms with Gasteiger partial charge < -0.3 is 14.6 Å². The van der Waals surface area contributed by atoms with Crippen LogP contribution < -0.4 is 10.1 Å². The first kappa shape index (κ1) is 20.4. The molecule has 4 rings (SSSR count). The Morgan fingerprint density at radius 3 is 2.70 bits per heavy atom. The molecule has 1 atom stereocenters. The van der Waals surface area contributed by atoms with Gasteiger partial charge in [-0.1, -0.05) is 18.2 Å². The molecule has 0 aliphatic heterocycles. The quantitative estimate of drug-likeness (QED) is 0.511. The van der Waals surface area contributed by atoms with E-state index < -0.39 is 28.3 Å². The molecule has 2 heterocycles. The number of carbonyl (C=O) groups is 1. The minimum Gasteiger partial charge on any atom is -0.415 e. The van der Waals surface area contributed by atoms with E-state index in [1.165, 1.54) is 13.2 Å². The van der Waals surface area contributed by atoms with Gasteiger partial charge >= 0.3 is 6.61 Å². The van der Waals surface area contributed by atoms with Crippen molar-refractivity contribution in [1.29, 1.82) is 0 Å². The Hall–Kier alpha value is -2.92. The molecular weight excluding hydrogens is 418 g/mol. The molecule has 158 valence electrons. The summed E-state index contributed by atoms with van der Waals surface area (Å²) in [5, 5.41) is 9.06. The van der Waals surface area contributed by atoms with E-state index in [9.17, 15) is 22.3 Å². The molecule has 1 aromatic carbocycles. The molecule has 8 nitrogen and oxygen atoms in total. The number of amides is 1. The van der Waals surface area contributed by atoms with Crippen molar-refractivity contribution in [3.8, 4) is 17.0 Å². The van der Waals surface area contributed by atoms with E-state index in [0.717, 1.165) is 11.1 Å². The number of pyridine rings is 1. The van der Waals surface area contributed by atoms with Gasteiger partial charge in [-0.15, -0.1) is 5.10 Å². The van der Waals surface area contributed by atoms with Crippen LogP contribution in [0.1, 0.15) is 34.5 Å². The highest BCUT2D eigenvalue weighted by molar-refractivity contribution is 7.80. The third kappa shape index (κ3) is 3.23. The fourth-order valence-electron chi connectivity index (χ4n) is 3.71. The minimum atomic E-state index is -3.10. The molecule has 0 radical (unpaired) electrons. The van der Waals surface area contributed by atoms with Crippen molar-refractivity contribution in [1.82, 2.24) is 20.5 Å². The van der Waals surface area contributed by atoms with E-state index in [1.54, 1.807) is 25.1 Å². The van der Waals surface area contributed by atoms with Crippen molar-refractivity contribution in [2.24, 2.45) is 0 Å². The summed E-state index contributed by atoms with van der Waals surface area (Å²) >= 11 is -2.01. The normalized spacial score (nSPS) is 15.9. The first-order valence-electron chi connectivity index (χ1n) is 9.05. The van der Waals surface area contributed by atoms with Gasteiger partial charge in [0.15, 0.2) is 11.1 Å². The Labute approximate surface area is 172 Å². The zero-order valence-corrected chi connectivity index (χ0v) is 16.8. The second kappa shape index (κ2) is 7.40. The van der Waals surface area contributed by atoms with E-state index in [4.69, 9.17) is 0 Å². The molecule has 1 amide bonds. The number of aromatic nitrogens is 3. The SMILES string of the molecule is CNC(=O)c1ncc2[nH]nc(OC(F)F)c2c1-c1ccc(C2(S(=O)O)CC2)c(C)c1. The number of carbonyl (C=O) groups excluding carboxylic acids is 1. The number of rotatable bonds is 6. The van der Waals surface area contributed by atoms with E-state index in [-0.39, 0.29) is 22.5 Å². The largest absolute Gasteiger partial charge is 0.415 e. The highest BCUT2D eigenvalue weighted by Gasteiger charge is 2.51. The van der Waals surface area contributed by atoms with Crippen LogP contribution in [0.3, 0.4) is 0 Å². The van der Waals surface area contributed by atoms with Gasteiger partial charge in [-0.2, -0.15) is 8.78 Å². The van der Waals surface area contributed by atoms with Gasteiger partial charge in [-0.3, -0.25) is 9.89 Å². The molecule has 0 bridgehead atoms. The van der Waals surface area contributed by atoms with E-state index in [1.807, 2.05) is 0 Å². The third-order valence-electron chi connectivity index (χ3n) is 5.26. The smallest absolute Gasteiger partial charge is 0.388 e. The van der Waals surface area contributed by atoms with Gasteiger partial charge in [0.2, 0.25) is 5.88 Å². The van der Waals surface area contributed by atoms with Crippen molar-refractivity contribution in [3.05, 3.63) is 41.2 Å². The van der Waals surface area contributed by atoms with Crippen molar-refractivity contribution in [2.75, 3.05) is 7.05 Å². The summed E-state index contributed by atoms with van der Waals surface area (Å²) in [6.07, 6.45) is 2.53. The summed E-state index contributed by atoms with van der Waals surface area (Å²) in [5.74, 6) is -0.854. The van der Waals surface area contributed by atoms with Crippen LogP contribution >= 0.6 is 0 Å².